The van der Waals surface area contributed by atoms with Crippen LogP contribution in [0.1, 0.15) is 244 Å². The molecule has 0 fully saturated rings. The first-order valence-electron chi connectivity index (χ1n) is 29.8. The van der Waals surface area contributed by atoms with E-state index in [1.54, 1.807) is 0 Å². The maximum Gasteiger partial charge on any atom is 0.0738 e. The van der Waals surface area contributed by atoms with Crippen molar-refractivity contribution in [2.45, 2.75) is 209 Å². The molecule has 0 spiro atoms. The molecule has 8 bridgehead atoms. The van der Waals surface area contributed by atoms with Crippen molar-refractivity contribution < 1.29 is 0 Å². The van der Waals surface area contributed by atoms with Crippen molar-refractivity contribution in [3.63, 3.8) is 0 Å². The number of benzene rings is 4. The van der Waals surface area contributed by atoms with Crippen LogP contribution in [0.2, 0.25) is 0 Å². The SMILES string of the molecule is Cn1cc2cc1C(c1cc(C(C)(C)C)cc(C(C)(C)C)c1)=C1C=CC(=N1)C(c1cc(C(C)(C)C)cc(C(C)(C)C)c1)=C1C=CC(=N1)C(c1cc(C(C)(C)C)cc(C(C)(C)C)c1)=c1ccc([nH]1)=C2c1cc(C(C)(C)C)cc(C(C)(C)C)c1. The van der Waals surface area contributed by atoms with E-state index in [0.717, 1.165) is 83.8 Å². The van der Waals surface area contributed by atoms with Crippen molar-refractivity contribution in [2.24, 2.45) is 17.0 Å². The first kappa shape index (κ1) is 59.1. The van der Waals surface area contributed by atoms with Gasteiger partial charge >= 0.3 is 0 Å². The average Bonchev–Trinajstić information content (AvgIpc) is 4.22. The van der Waals surface area contributed by atoms with E-state index in [-0.39, 0.29) is 43.3 Å². The normalized spacial score (nSPS) is 15.9. The summed E-state index contributed by atoms with van der Waals surface area (Å²) in [4.78, 5) is 16.0. The molecular weight excluding hydrogens is 981 g/mol. The summed E-state index contributed by atoms with van der Waals surface area (Å²) in [5.74, 6) is 0. The van der Waals surface area contributed by atoms with Gasteiger partial charge in [0.05, 0.1) is 28.5 Å². The Morgan fingerprint density at radius 2 is 0.568 bits per heavy atom. The number of aromatic amines is 1. The van der Waals surface area contributed by atoms with Crippen LogP contribution in [-0.4, -0.2) is 21.0 Å². The highest BCUT2D eigenvalue weighted by molar-refractivity contribution is 6.35. The second-order valence-electron chi connectivity index (χ2n) is 32.1. The van der Waals surface area contributed by atoms with E-state index >= 15 is 0 Å². The molecule has 0 unspecified atom stereocenters. The second kappa shape index (κ2) is 19.8. The number of nitrogens with zero attached hydrogens (tertiary/aromatic N) is 3. The van der Waals surface area contributed by atoms with Gasteiger partial charge in [-0.1, -0.05) is 239 Å². The van der Waals surface area contributed by atoms with Gasteiger partial charge in [-0.2, -0.15) is 0 Å². The van der Waals surface area contributed by atoms with E-state index in [1.807, 2.05) is 0 Å². The molecule has 81 heavy (non-hydrogen) atoms. The first-order chi connectivity index (χ1) is 37.1. The van der Waals surface area contributed by atoms with E-state index in [9.17, 15) is 0 Å². The Morgan fingerprint density at radius 3 is 0.901 bits per heavy atom. The van der Waals surface area contributed by atoms with E-state index in [1.165, 1.54) is 50.1 Å². The zero-order chi connectivity index (χ0) is 59.7. The van der Waals surface area contributed by atoms with Crippen molar-refractivity contribution in [1.82, 2.24) is 9.55 Å². The van der Waals surface area contributed by atoms with Crippen LogP contribution in [-0.2, 0) is 50.4 Å². The number of fused-ring (bicyclic) bond motifs is 6. The molecule has 4 nitrogen and oxygen atoms in total. The number of nitrogens with one attached hydrogen (secondary N) is 1. The molecule has 0 atom stereocenters. The van der Waals surface area contributed by atoms with Crippen molar-refractivity contribution in [3.05, 3.63) is 222 Å². The summed E-state index contributed by atoms with van der Waals surface area (Å²) in [7, 11) is 2.22. The highest BCUT2D eigenvalue weighted by atomic mass is 14.9. The maximum atomic E-state index is 5.90. The minimum atomic E-state index is -0.106. The van der Waals surface area contributed by atoms with E-state index in [0.29, 0.717) is 0 Å². The summed E-state index contributed by atoms with van der Waals surface area (Å²) < 4.78 is 2.35. The molecule has 2 aromatic heterocycles. The van der Waals surface area contributed by atoms with Crippen LogP contribution < -0.4 is 10.7 Å². The van der Waals surface area contributed by atoms with Gasteiger partial charge in [0.25, 0.3) is 0 Å². The van der Waals surface area contributed by atoms with Gasteiger partial charge in [0, 0.05) is 51.8 Å². The van der Waals surface area contributed by atoms with Gasteiger partial charge in [0.1, 0.15) is 0 Å². The monoisotopic (exact) mass is 1080 g/mol. The van der Waals surface area contributed by atoms with Crippen LogP contribution in [0.4, 0.5) is 0 Å². The number of hydrogen-bond acceptors (Lipinski definition) is 2. The van der Waals surface area contributed by atoms with Crippen LogP contribution in [0.25, 0.3) is 22.3 Å². The number of aryl methyl sites for hydroxylation is 1. The Hall–Kier alpha value is -6.52. The molecule has 9 rings (SSSR count). The molecule has 4 heteroatoms. The Bertz CT molecular complexity index is 3720. The number of allylic oxidation sites excluding steroid dienone is 5. The molecule has 0 aliphatic carbocycles. The quantitative estimate of drug-likeness (QED) is 0.183. The van der Waals surface area contributed by atoms with Crippen molar-refractivity contribution in [2.75, 3.05) is 0 Å². The van der Waals surface area contributed by atoms with Gasteiger partial charge in [-0.15, -0.1) is 0 Å². The average molecular weight is 1080 g/mol. The topological polar surface area (TPSA) is 45.4 Å². The lowest BCUT2D eigenvalue weighted by Gasteiger charge is -2.27. The summed E-state index contributed by atoms with van der Waals surface area (Å²) in [5, 5.41) is 2.07. The number of rotatable bonds is 4. The van der Waals surface area contributed by atoms with Crippen molar-refractivity contribution in [1.29, 1.82) is 0 Å². The highest BCUT2D eigenvalue weighted by Gasteiger charge is 2.32. The fraction of sp³-hybridized carbons (Fsp3) is 0.429. The van der Waals surface area contributed by atoms with Gasteiger partial charge in [-0.3, -0.25) is 0 Å². The minimum Gasteiger partial charge on any atom is -0.354 e. The molecule has 5 heterocycles. The fourth-order valence-electron chi connectivity index (χ4n) is 11.2. The fourth-order valence-corrected chi connectivity index (χ4v) is 11.2. The van der Waals surface area contributed by atoms with Gasteiger partial charge in [0.15, 0.2) is 0 Å². The minimum absolute atomic E-state index is 0.0915. The summed E-state index contributed by atoms with van der Waals surface area (Å²) in [5.41, 5.74) is 24.4. The van der Waals surface area contributed by atoms with Crippen LogP contribution >= 0.6 is 0 Å². The predicted octanol–water partition coefficient (Wildman–Crippen LogP) is 18.4. The second-order valence-corrected chi connectivity index (χ2v) is 32.1. The number of aromatic nitrogens is 2. The maximum absolute atomic E-state index is 5.90. The van der Waals surface area contributed by atoms with Crippen LogP contribution in [0.15, 0.2) is 143 Å². The van der Waals surface area contributed by atoms with E-state index < -0.39 is 0 Å². The molecule has 4 aromatic carbocycles. The summed E-state index contributed by atoms with van der Waals surface area (Å²) in [6.07, 6.45) is 11.4. The van der Waals surface area contributed by atoms with Crippen LogP contribution in [0.3, 0.4) is 0 Å². The standard InChI is InChI=1S/C77H96N4/c1-70(2,3)51-32-46(33-52(41-51)71(4,5)6)66-50-40-65(81(25)45-50)69(49-38-57(76(19,20)21)44-58(39-49)77(22,23)24)64-31-30-63(80-64)68(48-36-55(74(13,14)15)43-56(37-48)75(16,17)18)62-29-28-61(79-62)67(60-27-26-59(66)78-60)47-34-53(72(7,8)9)42-54(35-47)73(10,11)12/h26-45,78H,1-25H3. The summed E-state index contributed by atoms with van der Waals surface area (Å²) >= 11 is 0. The Labute approximate surface area is 488 Å². The van der Waals surface area contributed by atoms with Crippen LogP contribution in [0, 0.1) is 0 Å². The molecule has 3 aliphatic heterocycles. The number of H-pyrrole nitrogens is 1. The third-order valence-corrected chi connectivity index (χ3v) is 16.9. The number of hydrogen-bond donors (Lipinski definition) is 1. The largest absolute Gasteiger partial charge is 0.354 e. The lowest BCUT2D eigenvalue weighted by molar-refractivity contribution is 0.567. The Kier molecular flexibility index (Phi) is 14.5. The summed E-state index contributed by atoms with van der Waals surface area (Å²) in [6, 6.07) is 36.2. The van der Waals surface area contributed by atoms with Crippen LogP contribution in [0.5, 0.6) is 0 Å². The third-order valence-electron chi connectivity index (χ3n) is 16.9. The predicted molar refractivity (Wildman–Crippen MR) is 351 cm³/mol. The molecule has 0 saturated heterocycles. The third kappa shape index (κ3) is 12.1. The lowest BCUT2D eigenvalue weighted by atomic mass is 9.78. The van der Waals surface area contributed by atoms with Gasteiger partial charge in [0.2, 0.25) is 0 Å². The first-order valence-corrected chi connectivity index (χ1v) is 29.8. The Balaban J connectivity index is 1.53. The van der Waals surface area contributed by atoms with E-state index in [4.69, 9.17) is 9.98 Å². The summed E-state index contributed by atoms with van der Waals surface area (Å²) in [6.45, 7) is 55.9. The molecular formula is C77H96N4. The zero-order valence-electron chi connectivity index (χ0n) is 54.4. The molecule has 1 N–H and O–H groups in total. The van der Waals surface area contributed by atoms with Gasteiger partial charge < -0.3 is 9.55 Å². The number of aliphatic imine (C=N–C) groups is 2. The molecule has 0 saturated carbocycles. The van der Waals surface area contributed by atoms with Crippen molar-refractivity contribution in [3.8, 4) is 0 Å². The molecule has 424 valence electrons. The molecule has 0 radical (unpaired) electrons. The molecule has 6 aromatic rings. The zero-order valence-corrected chi connectivity index (χ0v) is 54.4. The smallest absolute Gasteiger partial charge is 0.0738 e. The molecule has 3 aliphatic rings. The lowest BCUT2D eigenvalue weighted by Crippen LogP contribution is -2.22. The van der Waals surface area contributed by atoms with Gasteiger partial charge in [-0.05, 0) is 153 Å². The van der Waals surface area contributed by atoms with Crippen molar-refractivity contribution >= 4 is 33.7 Å². The van der Waals surface area contributed by atoms with E-state index in [2.05, 4.69) is 304 Å². The Morgan fingerprint density at radius 1 is 0.296 bits per heavy atom. The molecule has 0 amide bonds. The van der Waals surface area contributed by atoms with Gasteiger partial charge in [-0.25, -0.2) is 9.98 Å². The highest BCUT2D eigenvalue weighted by Crippen LogP contribution is 2.43.